The Morgan fingerprint density at radius 3 is 1.93 bits per heavy atom. The lowest BCUT2D eigenvalue weighted by Crippen LogP contribution is -2.35. The van der Waals surface area contributed by atoms with E-state index in [9.17, 15) is 18.0 Å². The van der Waals surface area contributed by atoms with Crippen LogP contribution in [-0.4, -0.2) is 49.5 Å². The number of carbonyl (C=O) groups excluding carboxylic acids is 2. The number of nitrogens with one attached hydrogen (secondary N) is 2. The molecule has 1 aromatic heterocycles. The molecular formula is C20H27N5O4S. The van der Waals surface area contributed by atoms with Gasteiger partial charge in [-0.1, -0.05) is 45.9 Å². The Morgan fingerprint density at radius 1 is 0.933 bits per heavy atom. The predicted octanol–water partition coefficient (Wildman–Crippen LogP) is 2.94. The fourth-order valence-corrected chi connectivity index (χ4v) is 3.61. The summed E-state index contributed by atoms with van der Waals surface area (Å²) in [5.41, 5.74) is 2.39. The Kier molecular flexibility index (Phi) is 7.14. The molecule has 2 rings (SSSR count). The first-order valence-electron chi connectivity index (χ1n) is 9.46. The van der Waals surface area contributed by atoms with Crippen molar-refractivity contribution in [2.75, 3.05) is 19.4 Å². The molecule has 0 atom stereocenters. The summed E-state index contributed by atoms with van der Waals surface area (Å²) in [7, 11) is -1.18. The van der Waals surface area contributed by atoms with Crippen molar-refractivity contribution >= 4 is 27.6 Å². The lowest BCUT2D eigenvalue weighted by Gasteiger charge is -2.20. The van der Waals surface area contributed by atoms with Crippen molar-refractivity contribution in [3.05, 3.63) is 47.2 Å². The van der Waals surface area contributed by atoms with Crippen LogP contribution in [0.2, 0.25) is 0 Å². The van der Waals surface area contributed by atoms with Crippen molar-refractivity contribution in [1.29, 1.82) is 0 Å². The van der Waals surface area contributed by atoms with E-state index in [1.54, 1.807) is 14.1 Å². The second-order valence-corrected chi connectivity index (χ2v) is 9.27. The summed E-state index contributed by atoms with van der Waals surface area (Å²) >= 11 is 0. The van der Waals surface area contributed by atoms with E-state index in [1.807, 2.05) is 50.6 Å². The summed E-state index contributed by atoms with van der Waals surface area (Å²) in [5, 5.41) is 9.43. The highest BCUT2D eigenvalue weighted by molar-refractivity contribution is 7.90. The number of hydrogen-bond donors (Lipinski definition) is 2. The number of hydrogen-bond acceptors (Lipinski definition) is 6. The van der Waals surface area contributed by atoms with Crippen LogP contribution in [0.1, 0.15) is 61.1 Å². The van der Waals surface area contributed by atoms with E-state index < -0.39 is 27.0 Å². The number of amides is 3. The van der Waals surface area contributed by atoms with Gasteiger partial charge in [-0.15, -0.1) is 10.2 Å². The van der Waals surface area contributed by atoms with E-state index >= 15 is 0 Å². The Labute approximate surface area is 176 Å². The van der Waals surface area contributed by atoms with Crippen LogP contribution < -0.4 is 10.0 Å². The Bertz CT molecular complexity index is 1010. The maximum atomic E-state index is 12.5. The maximum Gasteiger partial charge on any atom is 0.333 e. The van der Waals surface area contributed by atoms with Crippen LogP contribution in [0.15, 0.2) is 35.4 Å². The molecule has 2 aromatic rings. The third-order valence-corrected chi connectivity index (χ3v) is 5.60. The van der Waals surface area contributed by atoms with Crippen molar-refractivity contribution in [3.63, 3.8) is 0 Å². The van der Waals surface area contributed by atoms with Crippen LogP contribution in [0.4, 0.5) is 10.5 Å². The molecule has 0 saturated heterocycles. The minimum absolute atomic E-state index is 0.00385. The fraction of sp³-hybridized carbons (Fsp3) is 0.400. The molecule has 0 radical (unpaired) electrons. The molecule has 30 heavy (non-hydrogen) atoms. The van der Waals surface area contributed by atoms with Gasteiger partial charge in [0.15, 0.2) is 10.7 Å². The van der Waals surface area contributed by atoms with Crippen LogP contribution >= 0.6 is 0 Å². The molecule has 162 valence electrons. The zero-order valence-corrected chi connectivity index (χ0v) is 18.7. The van der Waals surface area contributed by atoms with Gasteiger partial charge in [-0.2, -0.15) is 8.42 Å². The normalized spacial score (nSPS) is 11.5. The molecule has 0 fully saturated rings. The summed E-state index contributed by atoms with van der Waals surface area (Å²) in [6, 6.07) is 7.17. The number of rotatable bonds is 6. The highest BCUT2D eigenvalue weighted by atomic mass is 32.2. The van der Waals surface area contributed by atoms with E-state index in [0.29, 0.717) is 5.69 Å². The van der Waals surface area contributed by atoms with Gasteiger partial charge in [0, 0.05) is 19.8 Å². The predicted molar refractivity (Wildman–Crippen MR) is 114 cm³/mol. The number of benzene rings is 1. The summed E-state index contributed by atoms with van der Waals surface area (Å²) < 4.78 is 27.0. The molecule has 10 heteroatoms. The first-order valence-corrected chi connectivity index (χ1v) is 10.9. The number of carbonyl (C=O) groups is 2. The zero-order valence-electron chi connectivity index (χ0n) is 17.9. The minimum Gasteiger partial charge on any atom is -0.343 e. The van der Waals surface area contributed by atoms with Gasteiger partial charge in [-0.05, 0) is 35.1 Å². The van der Waals surface area contributed by atoms with Crippen molar-refractivity contribution in [3.8, 4) is 0 Å². The molecule has 0 aliphatic heterocycles. The minimum atomic E-state index is -4.27. The molecular weight excluding hydrogens is 406 g/mol. The number of sulfonamides is 1. The highest BCUT2D eigenvalue weighted by Crippen LogP contribution is 2.32. The second kappa shape index (κ2) is 9.21. The van der Waals surface area contributed by atoms with Crippen LogP contribution in [0.5, 0.6) is 0 Å². The number of aromatic nitrogens is 2. The van der Waals surface area contributed by atoms with Crippen molar-refractivity contribution < 1.29 is 18.0 Å². The van der Waals surface area contributed by atoms with Gasteiger partial charge in [0.05, 0.1) is 0 Å². The largest absolute Gasteiger partial charge is 0.343 e. The molecule has 1 aromatic carbocycles. The van der Waals surface area contributed by atoms with Crippen LogP contribution in [0.25, 0.3) is 0 Å². The first-order chi connectivity index (χ1) is 13.9. The highest BCUT2D eigenvalue weighted by Gasteiger charge is 2.23. The molecule has 0 aliphatic carbocycles. The van der Waals surface area contributed by atoms with Gasteiger partial charge >= 0.3 is 6.03 Å². The molecule has 0 aliphatic rings. The molecule has 2 N–H and O–H groups in total. The van der Waals surface area contributed by atoms with E-state index in [4.69, 9.17) is 0 Å². The summed E-state index contributed by atoms with van der Waals surface area (Å²) in [5.74, 6) is -0.157. The second-order valence-electron chi connectivity index (χ2n) is 7.64. The Morgan fingerprint density at radius 2 is 1.50 bits per heavy atom. The van der Waals surface area contributed by atoms with Crippen molar-refractivity contribution in [1.82, 2.24) is 19.8 Å². The molecule has 0 spiro atoms. The topological polar surface area (TPSA) is 121 Å². The van der Waals surface area contributed by atoms with E-state index in [2.05, 4.69) is 15.5 Å². The quantitative estimate of drug-likeness (QED) is 0.722. The van der Waals surface area contributed by atoms with Crippen LogP contribution in [0.3, 0.4) is 0 Å². The summed E-state index contributed by atoms with van der Waals surface area (Å²) in [6.07, 6.45) is 0. The maximum absolute atomic E-state index is 12.5. The third-order valence-electron chi connectivity index (χ3n) is 4.38. The van der Waals surface area contributed by atoms with E-state index in [-0.39, 0.29) is 17.5 Å². The van der Waals surface area contributed by atoms with Crippen LogP contribution in [-0.2, 0) is 10.0 Å². The van der Waals surface area contributed by atoms with E-state index in [0.717, 1.165) is 17.2 Å². The number of para-hydroxylation sites is 1. The fourth-order valence-electron chi connectivity index (χ4n) is 2.82. The van der Waals surface area contributed by atoms with Crippen LogP contribution in [0, 0.1) is 0 Å². The Hall–Kier alpha value is -3.01. The molecule has 0 bridgehead atoms. The van der Waals surface area contributed by atoms with Gasteiger partial charge < -0.3 is 10.2 Å². The zero-order chi connectivity index (χ0) is 22.6. The summed E-state index contributed by atoms with van der Waals surface area (Å²) in [4.78, 5) is 25.7. The average molecular weight is 434 g/mol. The lowest BCUT2D eigenvalue weighted by molar-refractivity contribution is 0.0820. The first kappa shape index (κ1) is 23.3. The summed E-state index contributed by atoms with van der Waals surface area (Å²) in [6.45, 7) is 7.97. The van der Waals surface area contributed by atoms with Gasteiger partial charge in [-0.3, -0.25) is 4.79 Å². The van der Waals surface area contributed by atoms with E-state index in [1.165, 1.54) is 11.0 Å². The monoisotopic (exact) mass is 433 g/mol. The molecule has 1 heterocycles. The molecule has 9 nitrogen and oxygen atoms in total. The average Bonchev–Trinajstić information content (AvgIpc) is 2.66. The van der Waals surface area contributed by atoms with Crippen molar-refractivity contribution in [2.24, 2.45) is 0 Å². The van der Waals surface area contributed by atoms with Crippen molar-refractivity contribution in [2.45, 2.75) is 44.6 Å². The lowest BCUT2D eigenvalue weighted by atomic mass is 9.93. The van der Waals surface area contributed by atoms with Gasteiger partial charge in [0.1, 0.15) is 0 Å². The molecule has 3 amide bonds. The number of urea groups is 1. The standard InChI is InChI=1S/C20H27N5O4S/c1-12(2)14-8-7-9-15(13(3)4)18(14)21-20(27)24-30(28,29)17-11-10-16(22-23-17)19(26)25(5)6/h7-13H,1-6H3,(H2,21,24,27). The number of anilines is 1. The number of nitrogens with zero attached hydrogens (tertiary/aromatic N) is 3. The Balaban J connectivity index is 2.25. The third kappa shape index (κ3) is 5.32. The molecule has 0 saturated carbocycles. The van der Waals surface area contributed by atoms with Gasteiger partial charge in [0.2, 0.25) is 0 Å². The molecule has 0 unspecified atom stereocenters. The smallest absolute Gasteiger partial charge is 0.333 e. The van der Waals surface area contributed by atoms with Gasteiger partial charge in [0.25, 0.3) is 15.9 Å². The van der Waals surface area contributed by atoms with Gasteiger partial charge in [-0.25, -0.2) is 9.52 Å². The SMILES string of the molecule is CC(C)c1cccc(C(C)C)c1NC(=O)NS(=O)(=O)c1ccc(C(=O)N(C)C)nn1.